The first kappa shape index (κ1) is 26.1. The third-order valence-corrected chi connectivity index (χ3v) is 9.50. The van der Waals surface area contributed by atoms with Crippen molar-refractivity contribution >= 4 is 40.1 Å². The fourth-order valence-electron chi connectivity index (χ4n) is 7.11. The quantitative estimate of drug-likeness (QED) is 0.249. The maximum absolute atomic E-state index is 13.8. The Morgan fingerprint density at radius 2 is 1.98 bits per heavy atom. The summed E-state index contributed by atoms with van der Waals surface area (Å²) in [7, 11) is 0. The Kier molecular flexibility index (Phi) is 5.45. The number of anilines is 1. The minimum atomic E-state index is -1.15. The number of nitrogens with zero attached hydrogens (tertiary/aromatic N) is 4. The number of hydrogen-bond donors (Lipinski definition) is 4. The Morgan fingerprint density at radius 3 is 2.81 bits per heavy atom. The molecule has 8 rings (SSSR count). The van der Waals surface area contributed by atoms with E-state index in [1.165, 1.54) is 0 Å². The number of aliphatic hydroxyl groups is 1. The molecule has 5 heterocycles. The van der Waals surface area contributed by atoms with Gasteiger partial charge in [0.05, 0.1) is 46.6 Å². The number of rotatable bonds is 3. The molecule has 11 heteroatoms. The van der Waals surface area contributed by atoms with Gasteiger partial charge in [-0.1, -0.05) is 23.7 Å². The van der Waals surface area contributed by atoms with E-state index in [9.17, 15) is 14.7 Å². The fourth-order valence-corrected chi connectivity index (χ4v) is 7.38. The van der Waals surface area contributed by atoms with Gasteiger partial charge in [0, 0.05) is 29.1 Å². The summed E-state index contributed by atoms with van der Waals surface area (Å²) in [6.07, 6.45) is 6.64. The predicted octanol–water partition coefficient (Wildman–Crippen LogP) is 4.10. The van der Waals surface area contributed by atoms with Crippen LogP contribution in [0.2, 0.25) is 5.02 Å². The van der Waals surface area contributed by atoms with Crippen LogP contribution in [0, 0.1) is 0 Å². The number of H-pyrrole nitrogens is 1. The largest absolute Gasteiger partial charge is 0.384 e. The van der Waals surface area contributed by atoms with E-state index >= 15 is 0 Å². The molecule has 2 amide bonds. The lowest BCUT2D eigenvalue weighted by molar-refractivity contribution is -0.120. The van der Waals surface area contributed by atoms with Gasteiger partial charge in [0.2, 0.25) is 5.91 Å². The molecule has 0 bridgehead atoms. The normalized spacial score (nSPS) is 20.4. The first-order valence-corrected chi connectivity index (χ1v) is 14.6. The molecule has 5 aromatic rings. The van der Waals surface area contributed by atoms with Crippen molar-refractivity contribution in [3.8, 4) is 0 Å². The number of imidazole rings is 1. The molecule has 0 fully saturated rings. The molecule has 1 spiro atoms. The highest BCUT2D eigenvalue weighted by molar-refractivity contribution is 6.35. The number of nitrogens with one attached hydrogen (secondary N) is 3. The number of aromatic nitrogens is 5. The molecule has 2 aliphatic heterocycles. The van der Waals surface area contributed by atoms with E-state index in [0.717, 1.165) is 38.7 Å². The van der Waals surface area contributed by atoms with Gasteiger partial charge < -0.3 is 20.3 Å². The first-order chi connectivity index (χ1) is 20.6. The summed E-state index contributed by atoms with van der Waals surface area (Å²) >= 11 is 6.62. The van der Waals surface area contributed by atoms with Crippen LogP contribution in [0.4, 0.5) is 5.82 Å². The summed E-state index contributed by atoms with van der Waals surface area (Å²) < 4.78 is 1.98. The molecule has 0 radical (unpaired) electrons. The third-order valence-electron chi connectivity index (χ3n) is 9.21. The summed E-state index contributed by atoms with van der Waals surface area (Å²) in [4.78, 5) is 36.0. The minimum Gasteiger partial charge on any atom is -0.384 e. The summed E-state index contributed by atoms with van der Waals surface area (Å²) in [5.74, 6) is 0.965. The molecule has 1 aliphatic carbocycles. The van der Waals surface area contributed by atoms with Crippen LogP contribution in [-0.4, -0.2) is 41.7 Å². The van der Waals surface area contributed by atoms with Crippen LogP contribution in [-0.2, 0) is 41.6 Å². The highest BCUT2D eigenvalue weighted by Crippen LogP contribution is 2.46. The maximum Gasteiger partial charge on any atom is 0.251 e. The van der Waals surface area contributed by atoms with Gasteiger partial charge in [-0.25, -0.2) is 9.97 Å². The average Bonchev–Trinajstić information content (AvgIpc) is 3.74. The zero-order chi connectivity index (χ0) is 29.7. The third kappa shape index (κ3) is 3.86. The fraction of sp³-hybridized carbons (Fsp3) is 0.281. The van der Waals surface area contributed by atoms with Crippen molar-refractivity contribution in [2.75, 3.05) is 5.32 Å². The molecule has 0 saturated heterocycles. The Bertz CT molecular complexity index is 2010. The first-order valence-electron chi connectivity index (χ1n) is 14.2. The van der Waals surface area contributed by atoms with Crippen molar-refractivity contribution in [3.05, 3.63) is 105 Å². The molecule has 3 aliphatic rings. The van der Waals surface area contributed by atoms with Crippen LogP contribution < -0.4 is 10.6 Å². The van der Waals surface area contributed by atoms with Crippen LogP contribution in [0.15, 0.2) is 55.0 Å². The van der Waals surface area contributed by atoms with Crippen LogP contribution >= 0.6 is 11.6 Å². The van der Waals surface area contributed by atoms with Gasteiger partial charge in [-0.05, 0) is 73.2 Å². The Balaban J connectivity index is 1.14. The lowest BCUT2D eigenvalue weighted by Crippen LogP contribution is -2.35. The van der Waals surface area contributed by atoms with Gasteiger partial charge in [0.15, 0.2) is 0 Å². The van der Waals surface area contributed by atoms with Crippen molar-refractivity contribution in [3.63, 3.8) is 0 Å². The second-order valence-corrected chi connectivity index (χ2v) is 12.7. The molecule has 2 aromatic carbocycles. The zero-order valence-electron chi connectivity index (χ0n) is 23.5. The summed E-state index contributed by atoms with van der Waals surface area (Å²) in [5.41, 5.74) is 4.97. The van der Waals surface area contributed by atoms with Crippen molar-refractivity contribution in [2.24, 2.45) is 0 Å². The van der Waals surface area contributed by atoms with Gasteiger partial charge in [0.25, 0.3) is 5.91 Å². The predicted molar refractivity (Wildman–Crippen MR) is 160 cm³/mol. The second-order valence-electron chi connectivity index (χ2n) is 12.3. The van der Waals surface area contributed by atoms with E-state index in [1.807, 2.05) is 41.0 Å². The Morgan fingerprint density at radius 1 is 1.14 bits per heavy atom. The smallest absolute Gasteiger partial charge is 0.251 e. The van der Waals surface area contributed by atoms with Crippen LogP contribution in [0.25, 0.3) is 10.9 Å². The van der Waals surface area contributed by atoms with Gasteiger partial charge in [-0.3, -0.25) is 14.7 Å². The molecule has 43 heavy (non-hydrogen) atoms. The number of aromatic amines is 1. The van der Waals surface area contributed by atoms with Crippen LogP contribution in [0.1, 0.15) is 69.6 Å². The number of halogens is 1. The number of hydrogen-bond acceptors (Lipinski definition) is 6. The summed E-state index contributed by atoms with van der Waals surface area (Å²) in [6, 6.07) is 10.9. The molecule has 10 nitrogen and oxygen atoms in total. The number of amides is 2. The van der Waals surface area contributed by atoms with Gasteiger partial charge >= 0.3 is 0 Å². The molecular formula is C32H28ClN7O3. The molecule has 2 atom stereocenters. The van der Waals surface area contributed by atoms with E-state index in [0.29, 0.717) is 53.7 Å². The van der Waals surface area contributed by atoms with Crippen LogP contribution in [0.5, 0.6) is 0 Å². The second kappa shape index (κ2) is 8.98. The summed E-state index contributed by atoms with van der Waals surface area (Å²) in [5, 5.41) is 25.8. The molecule has 216 valence electrons. The average molecular weight is 594 g/mol. The van der Waals surface area contributed by atoms with Crippen molar-refractivity contribution in [1.29, 1.82) is 0 Å². The number of carbonyl (C=O) groups is 2. The molecule has 0 saturated carbocycles. The van der Waals surface area contributed by atoms with E-state index in [1.54, 1.807) is 32.4 Å². The Hall–Kier alpha value is -4.54. The lowest BCUT2D eigenvalue weighted by Gasteiger charge is -2.22. The monoisotopic (exact) mass is 593 g/mol. The zero-order valence-corrected chi connectivity index (χ0v) is 24.3. The number of benzene rings is 2. The van der Waals surface area contributed by atoms with Gasteiger partial charge in [0.1, 0.15) is 17.2 Å². The van der Waals surface area contributed by atoms with Gasteiger partial charge in [-0.15, -0.1) is 0 Å². The SMILES string of the molecule is CC(C)(O)c1cnc2n1Cc1c(cc(Cl)c3[nH]ncc13)C[C@H]2NC(=O)c1ccc2c(c1)CC1(C2)C(=O)Nc2ncccc21. The van der Waals surface area contributed by atoms with E-state index in [4.69, 9.17) is 16.6 Å². The molecule has 1 unspecified atom stereocenters. The highest BCUT2D eigenvalue weighted by Gasteiger charge is 2.51. The van der Waals surface area contributed by atoms with Gasteiger partial charge in [-0.2, -0.15) is 5.10 Å². The lowest BCUT2D eigenvalue weighted by atomic mass is 9.79. The highest BCUT2D eigenvalue weighted by atomic mass is 35.5. The van der Waals surface area contributed by atoms with E-state index < -0.39 is 17.1 Å². The standard InChI is InChI=1S/C32H28ClN7O3/c1-31(2,43)25-14-35-28-24(10-18-9-23(33)26-20(13-36-39-26)21(18)15-40(25)28)37-29(41)16-5-6-17-11-32(12-19(17)8-16)22-4-3-7-34-27(22)38-30(32)42/h3-9,13-14,24,43H,10-12,15H2,1-2H3,(H,36,39)(H,37,41)(H,34,38,42)/t24-,32?/m1/s1. The van der Waals surface area contributed by atoms with Crippen LogP contribution in [0.3, 0.4) is 0 Å². The number of carbonyl (C=O) groups excluding carboxylic acids is 2. The minimum absolute atomic E-state index is 0.0552. The molecular weight excluding hydrogens is 566 g/mol. The van der Waals surface area contributed by atoms with Crippen molar-refractivity contribution in [1.82, 2.24) is 30.0 Å². The van der Waals surface area contributed by atoms with E-state index in [-0.39, 0.29) is 11.8 Å². The topological polar surface area (TPSA) is 138 Å². The summed E-state index contributed by atoms with van der Waals surface area (Å²) in [6.45, 7) is 3.90. The Labute approximate surface area is 251 Å². The molecule has 3 aromatic heterocycles. The van der Waals surface area contributed by atoms with Crippen molar-refractivity contribution in [2.45, 2.75) is 56.7 Å². The number of fused-ring (bicyclic) bond motifs is 7. The van der Waals surface area contributed by atoms with Crippen molar-refractivity contribution < 1.29 is 14.7 Å². The number of pyridine rings is 1. The maximum atomic E-state index is 13.8. The van der Waals surface area contributed by atoms with E-state index in [2.05, 4.69) is 25.8 Å². The molecule has 4 N–H and O–H groups in total.